The Labute approximate surface area is 126 Å². The molecule has 0 spiro atoms. The zero-order valence-corrected chi connectivity index (χ0v) is 11.9. The van der Waals surface area contributed by atoms with Crippen LogP contribution >= 0.6 is 0 Å². The van der Waals surface area contributed by atoms with Crippen LogP contribution in [0.1, 0.15) is 24.4 Å². The molecule has 0 aliphatic carbocycles. The monoisotopic (exact) mass is 311 g/mol. The maximum absolute atomic E-state index is 12.6. The number of β-lactam (4-membered cyclic amide) rings is 1. The van der Waals surface area contributed by atoms with Crippen molar-refractivity contribution in [3.05, 3.63) is 35.9 Å². The Balaban J connectivity index is 2.04. The fourth-order valence-electron chi connectivity index (χ4n) is 2.48. The van der Waals surface area contributed by atoms with E-state index in [9.17, 15) is 18.0 Å². The Bertz CT molecular complexity index is 553. The number of benzene rings is 1. The number of hydrogen-bond acceptors (Lipinski definition) is 3. The number of alkyl halides is 3. The van der Waals surface area contributed by atoms with Crippen LogP contribution in [0.25, 0.3) is 0 Å². The fourth-order valence-corrected chi connectivity index (χ4v) is 2.48. The van der Waals surface area contributed by atoms with Gasteiger partial charge in [0.25, 0.3) is 0 Å². The van der Waals surface area contributed by atoms with E-state index in [2.05, 4.69) is 0 Å². The van der Waals surface area contributed by atoms with Crippen LogP contribution in [0, 0.1) is 11.3 Å². The summed E-state index contributed by atoms with van der Waals surface area (Å²) in [5.74, 6) is -0.169. The van der Waals surface area contributed by atoms with Crippen LogP contribution in [0.15, 0.2) is 30.3 Å². The number of likely N-dealkylation sites (tertiary alicyclic amines) is 1. The lowest BCUT2D eigenvalue weighted by Gasteiger charge is -2.43. The second kappa shape index (κ2) is 6.79. The first kappa shape index (κ1) is 16.3. The molecule has 2 rings (SSSR count). The number of carbonyl (C=O) groups is 1. The normalized spacial score (nSPS) is 18.2. The van der Waals surface area contributed by atoms with Crippen LogP contribution in [0.2, 0.25) is 0 Å². The average Bonchev–Trinajstić information content (AvgIpc) is 2.47. The zero-order valence-electron chi connectivity index (χ0n) is 11.9. The summed E-state index contributed by atoms with van der Waals surface area (Å²) in [7, 11) is 0. The summed E-state index contributed by atoms with van der Waals surface area (Å²) in [4.78, 5) is 14.3. The van der Waals surface area contributed by atoms with E-state index in [0.717, 1.165) is 10.5 Å². The third-order valence-corrected chi connectivity index (χ3v) is 3.54. The van der Waals surface area contributed by atoms with Gasteiger partial charge < -0.3 is 4.90 Å². The van der Waals surface area contributed by atoms with Crippen molar-refractivity contribution >= 4 is 5.91 Å². The zero-order chi connectivity index (χ0) is 16.2. The fraction of sp³-hybridized carbons (Fsp3) is 0.467. The Hall–Kier alpha value is -2.07. The SMILES string of the molecule is N#CCCN(CN1C(=O)CC1c1ccccc1)CC(F)(F)F. The van der Waals surface area contributed by atoms with Crippen molar-refractivity contribution in [2.75, 3.05) is 19.8 Å². The standard InChI is InChI=1S/C15H16F3N3O/c16-15(17,18)10-20(8-4-7-19)11-21-13(9-14(21)22)12-5-2-1-3-6-12/h1-3,5-6,13H,4,8-11H2. The Morgan fingerprint density at radius 2 is 2.00 bits per heavy atom. The maximum atomic E-state index is 12.6. The second-order valence-corrected chi connectivity index (χ2v) is 5.21. The maximum Gasteiger partial charge on any atom is 0.401 e. The summed E-state index contributed by atoms with van der Waals surface area (Å²) < 4.78 is 37.8. The molecule has 0 saturated carbocycles. The van der Waals surface area contributed by atoms with Crippen molar-refractivity contribution in [1.82, 2.24) is 9.80 Å². The predicted octanol–water partition coefficient (Wildman–Crippen LogP) is 2.70. The van der Waals surface area contributed by atoms with E-state index in [1.165, 1.54) is 4.90 Å². The molecule has 0 bridgehead atoms. The molecule has 1 fully saturated rings. The lowest BCUT2D eigenvalue weighted by atomic mass is 9.94. The average molecular weight is 311 g/mol. The topological polar surface area (TPSA) is 47.3 Å². The number of nitriles is 1. The number of nitrogens with zero attached hydrogens (tertiary/aromatic N) is 3. The smallest absolute Gasteiger partial charge is 0.322 e. The molecule has 1 heterocycles. The van der Waals surface area contributed by atoms with Crippen molar-refractivity contribution in [3.8, 4) is 6.07 Å². The summed E-state index contributed by atoms with van der Waals surface area (Å²) in [6.45, 7) is -1.25. The van der Waals surface area contributed by atoms with Gasteiger partial charge in [0.05, 0.1) is 31.7 Å². The van der Waals surface area contributed by atoms with Gasteiger partial charge in [0.1, 0.15) is 0 Å². The van der Waals surface area contributed by atoms with E-state index in [-0.39, 0.29) is 31.6 Å². The summed E-state index contributed by atoms with van der Waals surface area (Å²) in [6.07, 6.45) is -4.05. The third-order valence-electron chi connectivity index (χ3n) is 3.54. The van der Waals surface area contributed by atoms with E-state index in [1.54, 1.807) is 0 Å². The van der Waals surface area contributed by atoms with Gasteiger partial charge >= 0.3 is 6.18 Å². The van der Waals surface area contributed by atoms with E-state index in [0.29, 0.717) is 6.42 Å². The van der Waals surface area contributed by atoms with E-state index in [4.69, 9.17) is 5.26 Å². The van der Waals surface area contributed by atoms with Gasteiger partial charge in [0, 0.05) is 13.0 Å². The summed E-state index contributed by atoms with van der Waals surface area (Å²) >= 11 is 0. The molecule has 22 heavy (non-hydrogen) atoms. The highest BCUT2D eigenvalue weighted by atomic mass is 19.4. The van der Waals surface area contributed by atoms with Gasteiger partial charge in [0.15, 0.2) is 0 Å². The summed E-state index contributed by atoms with van der Waals surface area (Å²) in [5, 5.41) is 8.56. The van der Waals surface area contributed by atoms with Crippen molar-refractivity contribution in [2.45, 2.75) is 25.1 Å². The molecular formula is C15H16F3N3O. The summed E-state index contributed by atoms with van der Waals surface area (Å²) in [6, 6.07) is 10.9. The van der Waals surface area contributed by atoms with Crippen molar-refractivity contribution in [1.29, 1.82) is 5.26 Å². The first-order valence-electron chi connectivity index (χ1n) is 6.91. The molecule has 0 N–H and O–H groups in total. The number of rotatable bonds is 6. The molecular weight excluding hydrogens is 295 g/mol. The van der Waals surface area contributed by atoms with Gasteiger partial charge in [-0.1, -0.05) is 30.3 Å². The number of hydrogen-bond donors (Lipinski definition) is 0. The molecule has 0 radical (unpaired) electrons. The Morgan fingerprint density at radius 1 is 1.32 bits per heavy atom. The van der Waals surface area contributed by atoms with Gasteiger partial charge in [0.2, 0.25) is 5.91 Å². The van der Waals surface area contributed by atoms with E-state index < -0.39 is 12.7 Å². The van der Waals surface area contributed by atoms with E-state index in [1.807, 2.05) is 36.4 Å². The predicted molar refractivity (Wildman–Crippen MR) is 73.4 cm³/mol. The Morgan fingerprint density at radius 3 is 2.55 bits per heavy atom. The van der Waals surface area contributed by atoms with Gasteiger partial charge in [-0.25, -0.2) is 0 Å². The first-order valence-corrected chi connectivity index (χ1v) is 6.91. The Kier molecular flexibility index (Phi) is 5.03. The van der Waals surface area contributed by atoms with Crippen LogP contribution in [0.5, 0.6) is 0 Å². The molecule has 1 aliphatic rings. The van der Waals surface area contributed by atoms with Crippen LogP contribution in [0.3, 0.4) is 0 Å². The highest BCUT2D eigenvalue weighted by molar-refractivity contribution is 5.83. The molecule has 1 aromatic carbocycles. The molecule has 7 heteroatoms. The molecule has 1 aliphatic heterocycles. The van der Waals surface area contributed by atoms with Crippen LogP contribution in [-0.2, 0) is 4.79 Å². The minimum atomic E-state index is -4.36. The molecule has 1 aromatic rings. The highest BCUT2D eigenvalue weighted by Gasteiger charge is 2.39. The highest BCUT2D eigenvalue weighted by Crippen LogP contribution is 2.34. The number of halogens is 3. The van der Waals surface area contributed by atoms with Crippen molar-refractivity contribution < 1.29 is 18.0 Å². The lowest BCUT2D eigenvalue weighted by Crippen LogP contribution is -2.53. The molecule has 0 aromatic heterocycles. The van der Waals surface area contributed by atoms with Crippen LogP contribution < -0.4 is 0 Å². The van der Waals surface area contributed by atoms with Crippen LogP contribution in [0.4, 0.5) is 13.2 Å². The third kappa shape index (κ3) is 4.21. The minimum absolute atomic E-state index is 0.00584. The molecule has 1 unspecified atom stereocenters. The minimum Gasteiger partial charge on any atom is -0.322 e. The quantitative estimate of drug-likeness (QED) is 0.759. The van der Waals surface area contributed by atoms with Gasteiger partial charge in [-0.05, 0) is 5.56 Å². The second-order valence-electron chi connectivity index (χ2n) is 5.21. The van der Waals surface area contributed by atoms with Crippen molar-refractivity contribution in [3.63, 3.8) is 0 Å². The molecule has 1 atom stereocenters. The van der Waals surface area contributed by atoms with Gasteiger partial charge in [-0.15, -0.1) is 0 Å². The lowest BCUT2D eigenvalue weighted by molar-refractivity contribution is -0.165. The number of amides is 1. The number of carbonyl (C=O) groups excluding carboxylic acids is 1. The molecule has 1 amide bonds. The van der Waals surface area contributed by atoms with Gasteiger partial charge in [-0.3, -0.25) is 9.69 Å². The first-order chi connectivity index (χ1) is 10.4. The van der Waals surface area contributed by atoms with Gasteiger partial charge in [-0.2, -0.15) is 18.4 Å². The molecule has 1 saturated heterocycles. The van der Waals surface area contributed by atoms with Crippen LogP contribution in [-0.4, -0.2) is 41.6 Å². The summed E-state index contributed by atoms with van der Waals surface area (Å²) in [5.41, 5.74) is 0.911. The van der Waals surface area contributed by atoms with Crippen molar-refractivity contribution in [2.24, 2.45) is 0 Å². The largest absolute Gasteiger partial charge is 0.401 e. The molecule has 118 valence electrons. The van der Waals surface area contributed by atoms with E-state index >= 15 is 0 Å². The molecule has 4 nitrogen and oxygen atoms in total.